The van der Waals surface area contributed by atoms with Crippen molar-refractivity contribution in [1.29, 1.82) is 0 Å². The van der Waals surface area contributed by atoms with Crippen LogP contribution < -0.4 is 9.13 Å². The first-order valence-corrected chi connectivity index (χ1v) is 13.1. The molecule has 0 N–H and O–H groups in total. The Labute approximate surface area is 229 Å². The van der Waals surface area contributed by atoms with E-state index in [4.69, 9.17) is 0 Å². The van der Waals surface area contributed by atoms with Gasteiger partial charge in [-0.05, 0) is 43.2 Å². The SMILES string of the molecule is CCC1(C)c2cc(F)cc(F)c2-c2cccc[n+]2C1(C=CCn1nc(C(F)(F)F)nc1-c1cccc[n+]1C)CC. The molecule has 40 heavy (non-hydrogen) atoms. The molecule has 0 aliphatic carbocycles. The van der Waals surface area contributed by atoms with E-state index < -0.39 is 34.6 Å². The van der Waals surface area contributed by atoms with Gasteiger partial charge in [-0.2, -0.15) is 27.3 Å². The Balaban J connectivity index is 1.66. The van der Waals surface area contributed by atoms with Crippen LogP contribution >= 0.6 is 0 Å². The molecular weight excluding hydrogens is 525 g/mol. The van der Waals surface area contributed by atoms with Gasteiger partial charge in [0.1, 0.15) is 18.7 Å². The summed E-state index contributed by atoms with van der Waals surface area (Å²) in [5.41, 5.74) is 0.459. The fraction of sp³-hybridized carbons (Fsp3) is 0.333. The highest BCUT2D eigenvalue weighted by molar-refractivity contribution is 5.66. The summed E-state index contributed by atoms with van der Waals surface area (Å²) < 4.78 is 75.6. The Morgan fingerprint density at radius 3 is 2.33 bits per heavy atom. The third-order valence-electron chi connectivity index (χ3n) is 8.28. The smallest absolute Gasteiger partial charge is 0.236 e. The Morgan fingerprint density at radius 1 is 0.975 bits per heavy atom. The van der Waals surface area contributed by atoms with Gasteiger partial charge in [0.25, 0.3) is 5.82 Å². The van der Waals surface area contributed by atoms with Crippen molar-refractivity contribution in [3.8, 4) is 22.8 Å². The van der Waals surface area contributed by atoms with Gasteiger partial charge in [0.05, 0.1) is 17.5 Å². The molecule has 4 heterocycles. The van der Waals surface area contributed by atoms with E-state index in [0.717, 1.165) is 6.07 Å². The minimum Gasteiger partial charge on any atom is -0.236 e. The van der Waals surface area contributed by atoms with Crippen LogP contribution in [0.2, 0.25) is 0 Å². The van der Waals surface area contributed by atoms with Gasteiger partial charge in [-0.25, -0.2) is 13.5 Å². The molecule has 0 fully saturated rings. The van der Waals surface area contributed by atoms with Gasteiger partial charge in [-0.1, -0.05) is 19.9 Å². The van der Waals surface area contributed by atoms with Gasteiger partial charge in [-0.3, -0.25) is 0 Å². The molecule has 1 aromatic carbocycles. The Kier molecular flexibility index (Phi) is 6.84. The minimum atomic E-state index is -4.71. The summed E-state index contributed by atoms with van der Waals surface area (Å²) in [7, 11) is 1.72. The maximum absolute atomic E-state index is 15.3. The summed E-state index contributed by atoms with van der Waals surface area (Å²) >= 11 is 0. The second-order valence-corrected chi connectivity index (χ2v) is 10.3. The average molecular weight is 556 g/mol. The zero-order valence-electron chi connectivity index (χ0n) is 22.7. The van der Waals surface area contributed by atoms with E-state index in [1.54, 1.807) is 54.2 Å². The third kappa shape index (κ3) is 4.20. The molecule has 1 aliphatic rings. The lowest BCUT2D eigenvalue weighted by Gasteiger charge is -2.46. The fourth-order valence-electron chi connectivity index (χ4n) is 6.08. The molecule has 0 radical (unpaired) electrons. The molecule has 0 amide bonds. The number of allylic oxidation sites excluding steroid dienone is 2. The van der Waals surface area contributed by atoms with E-state index >= 15 is 4.39 Å². The molecule has 5 rings (SSSR count). The molecule has 5 nitrogen and oxygen atoms in total. The van der Waals surface area contributed by atoms with Crippen molar-refractivity contribution < 1.29 is 31.1 Å². The maximum Gasteiger partial charge on any atom is 0.453 e. The van der Waals surface area contributed by atoms with Crippen molar-refractivity contribution in [2.45, 2.75) is 57.3 Å². The largest absolute Gasteiger partial charge is 0.453 e. The second-order valence-electron chi connectivity index (χ2n) is 10.3. The molecule has 3 aromatic heterocycles. The van der Waals surface area contributed by atoms with Gasteiger partial charge < -0.3 is 0 Å². The summed E-state index contributed by atoms with van der Waals surface area (Å²) in [6.45, 7) is 5.95. The molecule has 0 spiro atoms. The number of fused-ring (bicyclic) bond motifs is 3. The maximum atomic E-state index is 15.3. The second kappa shape index (κ2) is 9.91. The summed E-state index contributed by atoms with van der Waals surface area (Å²) in [6.07, 6.45) is 3.70. The standard InChI is InChI=1S/C30H30F5N5/c1-5-28(3)21-18-20(31)19-22(32)25(21)23-12-8-10-16-39(23)29(28,6-2)14-11-17-40-26(24-13-7-9-15-38(24)4)36-27(37-40)30(33,34)35/h7-16,18-19H,5-6,17H2,1-4H3/q+2. The van der Waals surface area contributed by atoms with Crippen molar-refractivity contribution in [1.82, 2.24) is 14.8 Å². The van der Waals surface area contributed by atoms with Crippen molar-refractivity contribution in [2.75, 3.05) is 0 Å². The normalized spacial score (nSPS) is 20.5. The predicted octanol–water partition coefficient (Wildman–Crippen LogP) is 6.06. The number of benzene rings is 1. The topological polar surface area (TPSA) is 38.5 Å². The molecule has 4 aromatic rings. The number of alkyl halides is 3. The van der Waals surface area contributed by atoms with Gasteiger partial charge in [-0.15, -0.1) is 5.10 Å². The molecule has 0 saturated heterocycles. The molecule has 208 valence electrons. The predicted molar refractivity (Wildman–Crippen MR) is 139 cm³/mol. The molecule has 0 saturated carbocycles. The van der Waals surface area contributed by atoms with E-state index in [-0.39, 0.29) is 12.4 Å². The lowest BCUT2D eigenvalue weighted by molar-refractivity contribution is -0.756. The van der Waals surface area contributed by atoms with Crippen LogP contribution in [-0.4, -0.2) is 14.8 Å². The number of aromatic nitrogens is 5. The molecular formula is C30H30F5N5+2. The van der Waals surface area contributed by atoms with E-state index in [2.05, 4.69) is 10.1 Å². The van der Waals surface area contributed by atoms with Crippen LogP contribution in [0.25, 0.3) is 22.8 Å². The van der Waals surface area contributed by atoms with E-state index in [9.17, 15) is 17.6 Å². The van der Waals surface area contributed by atoms with Crippen molar-refractivity contribution in [3.05, 3.63) is 96.1 Å². The van der Waals surface area contributed by atoms with E-state index in [1.165, 1.54) is 10.7 Å². The van der Waals surface area contributed by atoms with Crippen LogP contribution in [0, 0.1) is 11.6 Å². The lowest BCUT2D eigenvalue weighted by atomic mass is 9.59. The van der Waals surface area contributed by atoms with Crippen LogP contribution in [0.4, 0.5) is 22.0 Å². The Bertz CT molecular complexity index is 1610. The first-order chi connectivity index (χ1) is 19.0. The van der Waals surface area contributed by atoms with Gasteiger partial charge in [0, 0.05) is 36.8 Å². The molecule has 1 aliphatic heterocycles. The monoisotopic (exact) mass is 555 g/mol. The Morgan fingerprint density at radius 2 is 1.68 bits per heavy atom. The zero-order chi connectivity index (χ0) is 28.9. The molecule has 2 atom stereocenters. The quantitative estimate of drug-likeness (QED) is 0.165. The zero-order valence-corrected chi connectivity index (χ0v) is 22.7. The number of hydrogen-bond acceptors (Lipinski definition) is 2. The van der Waals surface area contributed by atoms with Crippen LogP contribution in [0.3, 0.4) is 0 Å². The van der Waals surface area contributed by atoms with Crippen molar-refractivity contribution in [3.63, 3.8) is 0 Å². The summed E-state index contributed by atoms with van der Waals surface area (Å²) in [5.74, 6) is -2.43. The van der Waals surface area contributed by atoms with Gasteiger partial charge in [0.2, 0.25) is 17.2 Å². The van der Waals surface area contributed by atoms with Crippen LogP contribution in [0.15, 0.2) is 73.1 Å². The number of nitrogens with zero attached hydrogens (tertiary/aromatic N) is 5. The van der Waals surface area contributed by atoms with E-state index in [1.807, 2.05) is 43.7 Å². The van der Waals surface area contributed by atoms with Crippen LogP contribution in [-0.2, 0) is 30.7 Å². The summed E-state index contributed by atoms with van der Waals surface area (Å²) in [4.78, 5) is 3.83. The highest BCUT2D eigenvalue weighted by atomic mass is 19.4. The number of hydrogen-bond donors (Lipinski definition) is 0. The van der Waals surface area contributed by atoms with Crippen molar-refractivity contribution >= 4 is 0 Å². The highest BCUT2D eigenvalue weighted by Crippen LogP contribution is 2.51. The minimum absolute atomic E-state index is 0.00193. The average Bonchev–Trinajstić information content (AvgIpc) is 3.35. The molecule has 2 unspecified atom stereocenters. The molecule has 10 heteroatoms. The summed E-state index contributed by atoms with van der Waals surface area (Å²) in [6, 6.07) is 12.9. The lowest BCUT2D eigenvalue weighted by Crippen LogP contribution is -2.68. The van der Waals surface area contributed by atoms with Gasteiger partial charge >= 0.3 is 6.18 Å². The van der Waals surface area contributed by atoms with E-state index in [0.29, 0.717) is 35.4 Å². The first-order valence-electron chi connectivity index (χ1n) is 13.1. The first kappa shape index (κ1) is 27.6. The fourth-order valence-corrected chi connectivity index (χ4v) is 6.08. The summed E-state index contributed by atoms with van der Waals surface area (Å²) in [5, 5.41) is 3.80. The Hall–Kier alpha value is -3.95. The highest BCUT2D eigenvalue weighted by Gasteiger charge is 2.58. The third-order valence-corrected chi connectivity index (χ3v) is 8.28. The number of rotatable bonds is 6. The van der Waals surface area contributed by atoms with Crippen LogP contribution in [0.1, 0.15) is 45.0 Å². The number of halogens is 5. The van der Waals surface area contributed by atoms with Crippen molar-refractivity contribution in [2.24, 2.45) is 7.05 Å². The van der Waals surface area contributed by atoms with Gasteiger partial charge in [0.15, 0.2) is 17.9 Å². The molecule has 0 bridgehead atoms. The van der Waals surface area contributed by atoms with Crippen LogP contribution in [0.5, 0.6) is 0 Å². The number of aryl methyl sites for hydroxylation is 1. The number of pyridine rings is 2.